The Morgan fingerprint density at radius 3 is 2.75 bits per heavy atom. The van der Waals surface area contributed by atoms with Crippen LogP contribution in [-0.4, -0.2) is 25.9 Å². The number of carbonyl (C=O) groups is 1. The maximum atomic E-state index is 11.2. The molecule has 0 aromatic heterocycles. The first-order valence-electron chi connectivity index (χ1n) is 4.87. The molecule has 0 saturated carbocycles. The highest BCUT2D eigenvalue weighted by Crippen LogP contribution is 2.37. The molecule has 1 amide bonds. The molecule has 0 bridgehead atoms. The van der Waals surface area contributed by atoms with Gasteiger partial charge in [-0.15, -0.1) is 11.8 Å². The normalized spacial score (nSPS) is 19.4. The third kappa shape index (κ3) is 2.09. The zero-order chi connectivity index (χ0) is 11.5. The lowest BCUT2D eigenvalue weighted by atomic mass is 10.2. The topological polar surface area (TPSA) is 47.6 Å². The van der Waals surface area contributed by atoms with Crippen LogP contribution in [0.25, 0.3) is 0 Å². The van der Waals surface area contributed by atoms with Crippen LogP contribution in [0.2, 0.25) is 0 Å². The minimum atomic E-state index is -0.0439. The molecule has 1 atom stereocenters. The van der Waals surface area contributed by atoms with Gasteiger partial charge in [0.1, 0.15) is 16.9 Å². The van der Waals surface area contributed by atoms with E-state index < -0.39 is 0 Å². The van der Waals surface area contributed by atoms with E-state index in [0.29, 0.717) is 5.75 Å². The molecule has 1 heterocycles. The molecule has 4 nitrogen and oxygen atoms in total. The molecule has 1 saturated heterocycles. The van der Waals surface area contributed by atoms with Crippen molar-refractivity contribution in [1.82, 2.24) is 5.32 Å². The highest BCUT2D eigenvalue weighted by atomic mass is 32.2. The first-order valence-corrected chi connectivity index (χ1v) is 5.92. The Hall–Kier alpha value is -1.36. The van der Waals surface area contributed by atoms with E-state index in [-0.39, 0.29) is 11.3 Å². The molecule has 1 N–H and O–H groups in total. The van der Waals surface area contributed by atoms with Crippen molar-refractivity contribution in [3.63, 3.8) is 0 Å². The van der Waals surface area contributed by atoms with E-state index in [4.69, 9.17) is 9.47 Å². The summed E-state index contributed by atoms with van der Waals surface area (Å²) in [5, 5.41) is 2.84. The maximum Gasteiger partial charge on any atom is 0.231 e. The van der Waals surface area contributed by atoms with Crippen LogP contribution in [-0.2, 0) is 4.79 Å². The molecule has 1 fully saturated rings. The summed E-state index contributed by atoms with van der Waals surface area (Å²) in [4.78, 5) is 11.2. The number of carbonyl (C=O) groups excluding carboxylic acids is 1. The monoisotopic (exact) mass is 239 g/mol. The molecule has 1 aromatic rings. The predicted molar refractivity (Wildman–Crippen MR) is 62.9 cm³/mol. The summed E-state index contributed by atoms with van der Waals surface area (Å²) < 4.78 is 10.4. The van der Waals surface area contributed by atoms with Crippen molar-refractivity contribution in [3.05, 3.63) is 23.8 Å². The average Bonchev–Trinajstić information content (AvgIpc) is 2.75. The Morgan fingerprint density at radius 2 is 2.19 bits per heavy atom. The molecule has 0 aliphatic carbocycles. The Kier molecular flexibility index (Phi) is 3.24. The lowest BCUT2D eigenvalue weighted by Crippen LogP contribution is -2.19. The number of hydrogen-bond acceptors (Lipinski definition) is 4. The van der Waals surface area contributed by atoms with Gasteiger partial charge in [-0.05, 0) is 18.2 Å². The van der Waals surface area contributed by atoms with Gasteiger partial charge in [-0.2, -0.15) is 0 Å². The Bertz CT molecular complexity index is 408. The third-order valence-corrected chi connectivity index (χ3v) is 3.53. The third-order valence-electron chi connectivity index (χ3n) is 2.39. The molecule has 16 heavy (non-hydrogen) atoms. The van der Waals surface area contributed by atoms with Crippen molar-refractivity contribution in [2.75, 3.05) is 20.0 Å². The van der Waals surface area contributed by atoms with Gasteiger partial charge in [0, 0.05) is 5.56 Å². The van der Waals surface area contributed by atoms with Crippen LogP contribution in [0.15, 0.2) is 18.2 Å². The standard InChI is InChI=1S/C11H13NO3S/c1-14-7-3-4-9(15-2)8(5-7)11-12-10(13)6-16-11/h3-5,11H,6H2,1-2H3,(H,12,13). The van der Waals surface area contributed by atoms with Crippen molar-refractivity contribution in [2.24, 2.45) is 0 Å². The lowest BCUT2D eigenvalue weighted by molar-refractivity contribution is -0.118. The molecule has 1 unspecified atom stereocenters. The molecule has 1 aliphatic rings. The van der Waals surface area contributed by atoms with E-state index >= 15 is 0 Å². The number of nitrogens with one attached hydrogen (secondary N) is 1. The summed E-state index contributed by atoms with van der Waals surface area (Å²) in [5.41, 5.74) is 0.942. The molecule has 0 spiro atoms. The average molecular weight is 239 g/mol. The number of amides is 1. The fraction of sp³-hybridized carbons (Fsp3) is 0.364. The van der Waals surface area contributed by atoms with Gasteiger partial charge in [-0.1, -0.05) is 0 Å². The second kappa shape index (κ2) is 4.65. The number of ether oxygens (including phenoxy) is 2. The molecular weight excluding hydrogens is 226 g/mol. The van der Waals surface area contributed by atoms with Gasteiger partial charge in [-0.3, -0.25) is 4.79 Å². The molecule has 86 valence electrons. The van der Waals surface area contributed by atoms with Gasteiger partial charge in [0.2, 0.25) is 5.91 Å². The van der Waals surface area contributed by atoms with Crippen molar-refractivity contribution in [2.45, 2.75) is 5.37 Å². The van der Waals surface area contributed by atoms with Crippen LogP contribution in [0, 0.1) is 0 Å². The zero-order valence-electron chi connectivity index (χ0n) is 9.15. The van der Waals surface area contributed by atoms with Crippen molar-refractivity contribution in [1.29, 1.82) is 0 Å². The molecule has 1 aliphatic heterocycles. The van der Waals surface area contributed by atoms with E-state index in [2.05, 4.69) is 5.32 Å². The lowest BCUT2D eigenvalue weighted by Gasteiger charge is -2.15. The summed E-state index contributed by atoms with van der Waals surface area (Å²) in [7, 11) is 3.23. The van der Waals surface area contributed by atoms with Crippen LogP contribution in [0.1, 0.15) is 10.9 Å². The summed E-state index contributed by atoms with van der Waals surface area (Å²) >= 11 is 1.56. The van der Waals surface area contributed by atoms with E-state index in [0.717, 1.165) is 17.1 Å². The largest absolute Gasteiger partial charge is 0.497 e. The number of hydrogen-bond donors (Lipinski definition) is 1. The van der Waals surface area contributed by atoms with Crippen molar-refractivity contribution in [3.8, 4) is 11.5 Å². The Balaban J connectivity index is 2.33. The highest BCUT2D eigenvalue weighted by molar-refractivity contribution is 8.00. The SMILES string of the molecule is COc1ccc(OC)c(C2NC(=O)CS2)c1. The maximum absolute atomic E-state index is 11.2. The summed E-state index contributed by atoms with van der Waals surface area (Å²) in [6, 6.07) is 5.57. The van der Waals surface area contributed by atoms with Crippen LogP contribution in [0.3, 0.4) is 0 Å². The van der Waals surface area contributed by atoms with Crippen LogP contribution < -0.4 is 14.8 Å². The Morgan fingerprint density at radius 1 is 1.38 bits per heavy atom. The van der Waals surface area contributed by atoms with E-state index in [1.165, 1.54) is 0 Å². The van der Waals surface area contributed by atoms with Crippen molar-refractivity contribution < 1.29 is 14.3 Å². The fourth-order valence-electron chi connectivity index (χ4n) is 1.60. The summed E-state index contributed by atoms with van der Waals surface area (Å²) in [6.45, 7) is 0. The molecule has 1 aromatic carbocycles. The molecule has 5 heteroatoms. The number of methoxy groups -OCH3 is 2. The van der Waals surface area contributed by atoms with Gasteiger partial charge in [0.25, 0.3) is 0 Å². The molecule has 2 rings (SSSR count). The van der Waals surface area contributed by atoms with Gasteiger partial charge in [-0.25, -0.2) is 0 Å². The van der Waals surface area contributed by atoms with Gasteiger partial charge >= 0.3 is 0 Å². The number of rotatable bonds is 3. The Labute approximate surface area is 98.3 Å². The first-order chi connectivity index (χ1) is 7.74. The van der Waals surface area contributed by atoms with Crippen LogP contribution in [0.4, 0.5) is 0 Å². The summed E-state index contributed by atoms with van der Waals surface area (Å²) in [6.07, 6.45) is 0. The number of thioether (sulfide) groups is 1. The van der Waals surface area contributed by atoms with E-state index in [9.17, 15) is 4.79 Å². The van der Waals surface area contributed by atoms with Crippen LogP contribution in [0.5, 0.6) is 11.5 Å². The zero-order valence-corrected chi connectivity index (χ0v) is 9.97. The van der Waals surface area contributed by atoms with Gasteiger partial charge in [0.15, 0.2) is 0 Å². The summed E-state index contributed by atoms with van der Waals surface area (Å²) in [5.74, 6) is 2.07. The minimum absolute atomic E-state index is 0.0439. The first kappa shape index (κ1) is 11.1. The van der Waals surface area contributed by atoms with E-state index in [1.807, 2.05) is 18.2 Å². The van der Waals surface area contributed by atoms with Crippen LogP contribution >= 0.6 is 11.8 Å². The molecule has 0 radical (unpaired) electrons. The predicted octanol–water partition coefficient (Wildman–Crippen LogP) is 1.57. The van der Waals surface area contributed by atoms with E-state index in [1.54, 1.807) is 26.0 Å². The van der Waals surface area contributed by atoms with Crippen molar-refractivity contribution >= 4 is 17.7 Å². The second-order valence-electron chi connectivity index (χ2n) is 3.37. The molecular formula is C11H13NO3S. The highest BCUT2D eigenvalue weighted by Gasteiger charge is 2.25. The quantitative estimate of drug-likeness (QED) is 0.869. The second-order valence-corrected chi connectivity index (χ2v) is 4.46. The minimum Gasteiger partial charge on any atom is -0.497 e. The smallest absolute Gasteiger partial charge is 0.231 e. The fourth-order valence-corrected chi connectivity index (χ4v) is 2.58. The number of benzene rings is 1. The van der Waals surface area contributed by atoms with Gasteiger partial charge < -0.3 is 14.8 Å². The van der Waals surface area contributed by atoms with Gasteiger partial charge in [0.05, 0.1) is 20.0 Å².